The van der Waals surface area contributed by atoms with E-state index in [1.165, 1.54) is 0 Å². The van der Waals surface area contributed by atoms with Gasteiger partial charge < -0.3 is 4.90 Å². The second kappa shape index (κ2) is 9.42. The van der Waals surface area contributed by atoms with Crippen molar-refractivity contribution in [2.24, 2.45) is 4.99 Å². The third kappa shape index (κ3) is 5.64. The summed E-state index contributed by atoms with van der Waals surface area (Å²) in [5.41, 5.74) is 2.50. The lowest BCUT2D eigenvalue weighted by Crippen LogP contribution is -2.36. The SMILES string of the molecule is CCCCN(CC)C(=O)C(C)=N/C=C(\C)c1cccc(Cl)c1. The summed E-state index contributed by atoms with van der Waals surface area (Å²) in [6.45, 7) is 9.34. The summed E-state index contributed by atoms with van der Waals surface area (Å²) in [5, 5.41) is 0.693. The van der Waals surface area contributed by atoms with Crippen LogP contribution in [0, 0.1) is 0 Å². The molecule has 0 radical (unpaired) electrons. The molecule has 0 heterocycles. The summed E-state index contributed by atoms with van der Waals surface area (Å²) in [7, 11) is 0. The van der Waals surface area contributed by atoms with E-state index in [0.29, 0.717) is 17.3 Å². The molecule has 0 spiro atoms. The van der Waals surface area contributed by atoms with Gasteiger partial charge in [-0.2, -0.15) is 0 Å². The summed E-state index contributed by atoms with van der Waals surface area (Å²) >= 11 is 5.99. The molecule has 0 aliphatic rings. The molecule has 120 valence electrons. The van der Waals surface area contributed by atoms with Crippen molar-refractivity contribution >= 4 is 28.8 Å². The van der Waals surface area contributed by atoms with Crippen LogP contribution in [0.15, 0.2) is 35.5 Å². The number of aliphatic imine (C=N–C) groups is 1. The Morgan fingerprint density at radius 1 is 1.32 bits per heavy atom. The molecule has 1 amide bonds. The fourth-order valence-electron chi connectivity index (χ4n) is 2.04. The van der Waals surface area contributed by atoms with Gasteiger partial charge in [-0.1, -0.05) is 37.1 Å². The van der Waals surface area contributed by atoms with E-state index in [2.05, 4.69) is 11.9 Å². The fraction of sp³-hybridized carbons (Fsp3) is 0.444. The number of hydrogen-bond donors (Lipinski definition) is 0. The van der Waals surface area contributed by atoms with Crippen molar-refractivity contribution in [2.45, 2.75) is 40.5 Å². The van der Waals surface area contributed by atoms with Crippen LogP contribution < -0.4 is 0 Å². The Morgan fingerprint density at radius 3 is 2.64 bits per heavy atom. The molecule has 1 rings (SSSR count). The number of amides is 1. The van der Waals surface area contributed by atoms with Gasteiger partial charge in [0.1, 0.15) is 5.71 Å². The molecular formula is C18H25ClN2O. The zero-order chi connectivity index (χ0) is 16.5. The van der Waals surface area contributed by atoms with Gasteiger partial charge in [0.05, 0.1) is 0 Å². The molecule has 0 saturated heterocycles. The van der Waals surface area contributed by atoms with E-state index in [1.807, 2.05) is 43.0 Å². The van der Waals surface area contributed by atoms with Crippen molar-refractivity contribution in [3.63, 3.8) is 0 Å². The zero-order valence-electron chi connectivity index (χ0n) is 13.9. The average molecular weight is 321 g/mol. The largest absolute Gasteiger partial charge is 0.338 e. The van der Waals surface area contributed by atoms with E-state index in [1.54, 1.807) is 13.1 Å². The average Bonchev–Trinajstić information content (AvgIpc) is 2.52. The summed E-state index contributed by atoms with van der Waals surface area (Å²) in [4.78, 5) is 18.5. The molecule has 22 heavy (non-hydrogen) atoms. The molecular weight excluding hydrogens is 296 g/mol. The minimum atomic E-state index is 0.00564. The molecule has 0 aromatic heterocycles. The molecule has 1 aromatic rings. The van der Waals surface area contributed by atoms with E-state index < -0.39 is 0 Å². The Bertz CT molecular complexity index is 564. The van der Waals surface area contributed by atoms with Crippen molar-refractivity contribution in [1.29, 1.82) is 0 Å². The van der Waals surface area contributed by atoms with Crippen molar-refractivity contribution in [2.75, 3.05) is 13.1 Å². The van der Waals surface area contributed by atoms with Gasteiger partial charge in [-0.15, -0.1) is 0 Å². The quantitative estimate of drug-likeness (QED) is 0.663. The number of unbranched alkanes of at least 4 members (excludes halogenated alkanes) is 1. The first-order chi connectivity index (χ1) is 10.5. The molecule has 0 fully saturated rings. The van der Waals surface area contributed by atoms with Crippen LogP contribution in [0.5, 0.6) is 0 Å². The first kappa shape index (κ1) is 18.4. The maximum atomic E-state index is 12.3. The monoisotopic (exact) mass is 320 g/mol. The molecule has 0 bridgehead atoms. The highest BCUT2D eigenvalue weighted by atomic mass is 35.5. The Hall–Kier alpha value is -1.61. The number of benzene rings is 1. The Balaban J connectivity index is 2.82. The van der Waals surface area contributed by atoms with Gasteiger partial charge in [-0.3, -0.25) is 9.79 Å². The number of carbonyl (C=O) groups is 1. The Morgan fingerprint density at radius 2 is 2.05 bits per heavy atom. The lowest BCUT2D eigenvalue weighted by atomic mass is 10.1. The van der Waals surface area contributed by atoms with E-state index >= 15 is 0 Å². The molecule has 0 saturated carbocycles. The maximum Gasteiger partial charge on any atom is 0.267 e. The predicted molar refractivity (Wildman–Crippen MR) is 95.4 cm³/mol. The number of halogens is 1. The first-order valence-electron chi connectivity index (χ1n) is 7.76. The minimum Gasteiger partial charge on any atom is -0.338 e. The van der Waals surface area contributed by atoms with Crippen LogP contribution in [-0.4, -0.2) is 29.6 Å². The van der Waals surface area contributed by atoms with Crippen LogP contribution in [-0.2, 0) is 4.79 Å². The van der Waals surface area contributed by atoms with Crippen LogP contribution in [0.4, 0.5) is 0 Å². The van der Waals surface area contributed by atoms with Gasteiger partial charge in [-0.05, 0) is 50.5 Å². The van der Waals surface area contributed by atoms with Crippen molar-refractivity contribution in [3.8, 4) is 0 Å². The van der Waals surface area contributed by atoms with Crippen LogP contribution in [0.1, 0.15) is 46.1 Å². The van der Waals surface area contributed by atoms with E-state index in [-0.39, 0.29) is 5.91 Å². The van der Waals surface area contributed by atoms with Crippen molar-refractivity contribution < 1.29 is 4.79 Å². The Labute approximate surface area is 138 Å². The summed E-state index contributed by atoms with van der Waals surface area (Å²) in [6.07, 6.45) is 3.82. The molecule has 4 heteroatoms. The number of hydrogen-bond acceptors (Lipinski definition) is 2. The smallest absolute Gasteiger partial charge is 0.267 e. The Kier molecular flexibility index (Phi) is 7.89. The lowest BCUT2D eigenvalue weighted by Gasteiger charge is -2.20. The lowest BCUT2D eigenvalue weighted by molar-refractivity contribution is -0.124. The predicted octanol–water partition coefficient (Wildman–Crippen LogP) is 4.81. The molecule has 0 aliphatic carbocycles. The molecule has 3 nitrogen and oxygen atoms in total. The van der Waals surface area contributed by atoms with Crippen molar-refractivity contribution in [1.82, 2.24) is 4.90 Å². The summed E-state index contributed by atoms with van der Waals surface area (Å²) in [5.74, 6) is 0.00564. The molecule has 0 atom stereocenters. The number of carbonyl (C=O) groups excluding carboxylic acids is 1. The molecule has 0 N–H and O–H groups in total. The van der Waals surface area contributed by atoms with Gasteiger partial charge in [0, 0.05) is 24.3 Å². The zero-order valence-corrected chi connectivity index (χ0v) is 14.7. The van der Waals surface area contributed by atoms with E-state index in [0.717, 1.165) is 30.5 Å². The molecule has 0 unspecified atom stereocenters. The van der Waals surface area contributed by atoms with Gasteiger partial charge in [-0.25, -0.2) is 0 Å². The topological polar surface area (TPSA) is 32.7 Å². The van der Waals surface area contributed by atoms with Crippen LogP contribution >= 0.6 is 11.6 Å². The number of rotatable bonds is 7. The van der Waals surface area contributed by atoms with Gasteiger partial charge >= 0.3 is 0 Å². The summed E-state index contributed by atoms with van der Waals surface area (Å²) in [6, 6.07) is 7.60. The van der Waals surface area contributed by atoms with Gasteiger partial charge in [0.15, 0.2) is 0 Å². The maximum absolute atomic E-state index is 12.3. The first-order valence-corrected chi connectivity index (χ1v) is 8.13. The third-order valence-electron chi connectivity index (χ3n) is 3.49. The van der Waals surface area contributed by atoms with Crippen LogP contribution in [0.3, 0.4) is 0 Å². The van der Waals surface area contributed by atoms with Gasteiger partial charge in [0.2, 0.25) is 0 Å². The highest BCUT2D eigenvalue weighted by molar-refractivity contribution is 6.38. The van der Waals surface area contributed by atoms with Crippen LogP contribution in [0.2, 0.25) is 5.02 Å². The third-order valence-corrected chi connectivity index (χ3v) is 3.73. The second-order valence-electron chi connectivity index (χ2n) is 5.28. The van der Waals surface area contributed by atoms with E-state index in [9.17, 15) is 4.79 Å². The van der Waals surface area contributed by atoms with Gasteiger partial charge in [0.25, 0.3) is 5.91 Å². The normalized spacial score (nSPS) is 12.4. The molecule has 0 aliphatic heterocycles. The van der Waals surface area contributed by atoms with Crippen molar-refractivity contribution in [3.05, 3.63) is 41.1 Å². The van der Waals surface area contributed by atoms with E-state index in [4.69, 9.17) is 11.6 Å². The number of allylic oxidation sites excluding steroid dienone is 1. The second-order valence-corrected chi connectivity index (χ2v) is 5.71. The van der Waals surface area contributed by atoms with Crippen LogP contribution in [0.25, 0.3) is 5.57 Å². The minimum absolute atomic E-state index is 0.00564. The summed E-state index contributed by atoms with van der Waals surface area (Å²) < 4.78 is 0. The molecule has 1 aromatic carbocycles. The highest BCUT2D eigenvalue weighted by Gasteiger charge is 2.13. The fourth-order valence-corrected chi connectivity index (χ4v) is 2.23. The standard InChI is InChI=1S/C18H25ClN2O/c1-5-7-11-21(6-2)18(22)15(4)20-13-14(3)16-9-8-10-17(19)12-16/h8-10,12-13H,5-7,11H2,1-4H3/b14-13+,20-15?. The number of nitrogens with zero attached hydrogens (tertiary/aromatic N) is 2. The highest BCUT2D eigenvalue weighted by Crippen LogP contribution is 2.18.